The first kappa shape index (κ1) is 10.8. The van der Waals surface area contributed by atoms with Crippen LogP contribution in [0.2, 0.25) is 0 Å². The van der Waals surface area contributed by atoms with E-state index in [0.29, 0.717) is 10.9 Å². The molecule has 0 saturated carbocycles. The molecule has 0 fully saturated rings. The summed E-state index contributed by atoms with van der Waals surface area (Å²) in [5.74, 6) is 0. The zero-order valence-corrected chi connectivity index (χ0v) is 9.00. The Hall–Kier alpha value is -1.71. The van der Waals surface area contributed by atoms with Gasteiger partial charge in [0.2, 0.25) is 0 Å². The van der Waals surface area contributed by atoms with Gasteiger partial charge in [-0.15, -0.1) is 0 Å². The van der Waals surface area contributed by atoms with Gasteiger partial charge in [0.1, 0.15) is 0 Å². The molecule has 4 heteroatoms. The second kappa shape index (κ2) is 3.70. The van der Waals surface area contributed by atoms with Crippen molar-refractivity contribution in [2.75, 3.05) is 0 Å². The highest BCUT2D eigenvalue weighted by atomic mass is 19.3. The second-order valence-corrected chi connectivity index (χ2v) is 3.82. The number of rotatable bonds is 1. The van der Waals surface area contributed by atoms with Gasteiger partial charge in [0, 0.05) is 24.1 Å². The van der Waals surface area contributed by atoms with Crippen LogP contribution >= 0.6 is 0 Å². The predicted molar refractivity (Wildman–Crippen MR) is 58.9 cm³/mol. The topological polar surface area (TPSA) is 22.0 Å². The van der Waals surface area contributed by atoms with Gasteiger partial charge in [0.15, 0.2) is 0 Å². The van der Waals surface area contributed by atoms with Crippen LogP contribution in [-0.2, 0) is 7.05 Å². The highest BCUT2D eigenvalue weighted by Crippen LogP contribution is 2.26. The van der Waals surface area contributed by atoms with Gasteiger partial charge >= 0.3 is 0 Å². The summed E-state index contributed by atoms with van der Waals surface area (Å²) in [4.78, 5) is 11.5. The van der Waals surface area contributed by atoms with Gasteiger partial charge in [0.05, 0.1) is 5.52 Å². The Morgan fingerprint density at radius 2 is 1.94 bits per heavy atom. The Morgan fingerprint density at radius 1 is 1.25 bits per heavy atom. The number of pyridine rings is 1. The molecule has 16 heavy (non-hydrogen) atoms. The van der Waals surface area contributed by atoms with E-state index in [9.17, 15) is 13.6 Å². The molecule has 2 nitrogen and oxygen atoms in total. The average Bonchev–Trinajstić information content (AvgIpc) is 2.22. The van der Waals surface area contributed by atoms with Crippen molar-refractivity contribution in [3.05, 3.63) is 45.7 Å². The maximum atomic E-state index is 12.8. The van der Waals surface area contributed by atoms with Gasteiger partial charge in [-0.05, 0) is 19.1 Å². The molecule has 0 aliphatic heterocycles. The lowest BCUT2D eigenvalue weighted by Crippen LogP contribution is -2.17. The van der Waals surface area contributed by atoms with Crippen LogP contribution in [0.25, 0.3) is 10.9 Å². The number of fused-ring (bicyclic) bond motifs is 1. The summed E-state index contributed by atoms with van der Waals surface area (Å²) in [6.45, 7) is 1.83. The number of benzene rings is 1. The minimum Gasteiger partial charge on any atom is -0.311 e. The van der Waals surface area contributed by atoms with Crippen molar-refractivity contribution in [1.29, 1.82) is 0 Å². The molecule has 2 rings (SSSR count). The molecule has 0 unspecified atom stereocenters. The van der Waals surface area contributed by atoms with Crippen molar-refractivity contribution >= 4 is 10.9 Å². The lowest BCUT2D eigenvalue weighted by atomic mass is 10.1. The molecular formula is C12H11F2NO. The number of hydrogen-bond donors (Lipinski definition) is 0. The summed E-state index contributed by atoms with van der Waals surface area (Å²) in [6.07, 6.45) is -2.63. The monoisotopic (exact) mass is 223 g/mol. The Bertz CT molecular complexity index is 602. The SMILES string of the molecule is Cc1ccc2c(c1)c(C(F)F)cc(=O)n2C. The molecule has 0 atom stereocenters. The largest absolute Gasteiger partial charge is 0.311 e. The smallest absolute Gasteiger partial charge is 0.264 e. The summed E-state index contributed by atoms with van der Waals surface area (Å²) < 4.78 is 27.0. The van der Waals surface area contributed by atoms with E-state index in [0.717, 1.165) is 11.6 Å². The Kier molecular flexibility index (Phi) is 2.50. The molecule has 1 heterocycles. The molecule has 0 N–H and O–H groups in total. The fraction of sp³-hybridized carbons (Fsp3) is 0.250. The van der Waals surface area contributed by atoms with Gasteiger partial charge < -0.3 is 4.57 Å². The Labute approximate surface area is 91.1 Å². The van der Waals surface area contributed by atoms with Crippen LogP contribution in [-0.4, -0.2) is 4.57 Å². The number of aromatic nitrogens is 1. The molecule has 0 saturated heterocycles. The van der Waals surface area contributed by atoms with Gasteiger partial charge in [-0.2, -0.15) is 0 Å². The molecule has 1 aromatic heterocycles. The first-order valence-electron chi connectivity index (χ1n) is 4.89. The molecule has 0 bridgehead atoms. The van der Waals surface area contributed by atoms with Gasteiger partial charge in [-0.3, -0.25) is 4.79 Å². The summed E-state index contributed by atoms with van der Waals surface area (Å²) in [5, 5.41) is 0.442. The molecule has 84 valence electrons. The Balaban J connectivity index is 2.96. The predicted octanol–water partition coefficient (Wildman–Crippen LogP) is 2.78. The van der Waals surface area contributed by atoms with Crippen molar-refractivity contribution in [3.63, 3.8) is 0 Å². The molecule has 0 radical (unpaired) electrons. The van der Waals surface area contributed by atoms with Gasteiger partial charge in [0.25, 0.3) is 12.0 Å². The molecule has 2 aromatic rings. The molecule has 0 aliphatic rings. The minimum atomic E-state index is -2.63. The minimum absolute atomic E-state index is 0.193. The van der Waals surface area contributed by atoms with Crippen molar-refractivity contribution in [1.82, 2.24) is 4.57 Å². The number of alkyl halides is 2. The van der Waals surface area contributed by atoms with Crippen molar-refractivity contribution in [3.8, 4) is 0 Å². The first-order valence-corrected chi connectivity index (χ1v) is 4.89. The molecule has 0 aliphatic carbocycles. The highest BCUT2D eigenvalue weighted by Gasteiger charge is 2.14. The highest BCUT2D eigenvalue weighted by molar-refractivity contribution is 5.83. The van der Waals surface area contributed by atoms with E-state index in [2.05, 4.69) is 0 Å². The molecule has 0 amide bonds. The molecule has 0 spiro atoms. The van der Waals surface area contributed by atoms with Crippen LogP contribution in [0.3, 0.4) is 0 Å². The summed E-state index contributed by atoms with van der Waals surface area (Å²) in [7, 11) is 1.58. The number of aryl methyl sites for hydroxylation is 2. The zero-order valence-electron chi connectivity index (χ0n) is 9.00. The third-order valence-electron chi connectivity index (χ3n) is 2.67. The first-order chi connectivity index (χ1) is 7.50. The molecular weight excluding hydrogens is 212 g/mol. The fourth-order valence-electron chi connectivity index (χ4n) is 1.78. The maximum Gasteiger partial charge on any atom is 0.264 e. The van der Waals surface area contributed by atoms with E-state index in [-0.39, 0.29) is 5.56 Å². The number of nitrogens with zero attached hydrogens (tertiary/aromatic N) is 1. The quantitative estimate of drug-likeness (QED) is 0.728. The van der Waals surface area contributed by atoms with E-state index in [1.807, 2.05) is 6.92 Å². The zero-order chi connectivity index (χ0) is 11.9. The van der Waals surface area contributed by atoms with Crippen LogP contribution in [0.1, 0.15) is 17.6 Å². The fourth-order valence-corrected chi connectivity index (χ4v) is 1.78. The number of hydrogen-bond acceptors (Lipinski definition) is 1. The van der Waals surface area contributed by atoms with E-state index < -0.39 is 12.0 Å². The van der Waals surface area contributed by atoms with Crippen LogP contribution in [0.15, 0.2) is 29.1 Å². The lowest BCUT2D eigenvalue weighted by molar-refractivity contribution is 0.153. The third kappa shape index (κ3) is 1.60. The van der Waals surface area contributed by atoms with E-state index >= 15 is 0 Å². The van der Waals surface area contributed by atoms with Crippen LogP contribution < -0.4 is 5.56 Å². The van der Waals surface area contributed by atoms with Crippen LogP contribution in [0.5, 0.6) is 0 Å². The lowest BCUT2D eigenvalue weighted by Gasteiger charge is -2.10. The van der Waals surface area contributed by atoms with Crippen LogP contribution in [0.4, 0.5) is 8.78 Å². The van der Waals surface area contributed by atoms with E-state index in [4.69, 9.17) is 0 Å². The van der Waals surface area contributed by atoms with Gasteiger partial charge in [-0.25, -0.2) is 8.78 Å². The third-order valence-corrected chi connectivity index (χ3v) is 2.67. The van der Waals surface area contributed by atoms with Crippen molar-refractivity contribution < 1.29 is 8.78 Å². The van der Waals surface area contributed by atoms with E-state index in [1.54, 1.807) is 25.2 Å². The normalized spacial score (nSPS) is 11.3. The molecule has 1 aromatic carbocycles. The summed E-state index contributed by atoms with van der Waals surface area (Å²) >= 11 is 0. The standard InChI is InChI=1S/C12H11F2NO/c1-7-3-4-10-8(5-7)9(12(13)14)6-11(16)15(10)2/h3-6,12H,1-2H3. The maximum absolute atomic E-state index is 12.8. The van der Waals surface area contributed by atoms with Crippen LogP contribution in [0, 0.1) is 6.92 Å². The van der Waals surface area contributed by atoms with Gasteiger partial charge in [-0.1, -0.05) is 11.6 Å². The van der Waals surface area contributed by atoms with E-state index in [1.165, 1.54) is 4.57 Å². The van der Waals surface area contributed by atoms with Crippen molar-refractivity contribution in [2.45, 2.75) is 13.3 Å². The Morgan fingerprint density at radius 3 is 2.56 bits per heavy atom. The summed E-state index contributed by atoms with van der Waals surface area (Å²) in [5.41, 5.74) is 0.829. The second-order valence-electron chi connectivity index (χ2n) is 3.82. The average molecular weight is 223 g/mol. The summed E-state index contributed by atoms with van der Waals surface area (Å²) in [6, 6.07) is 6.18. The van der Waals surface area contributed by atoms with Crippen molar-refractivity contribution in [2.24, 2.45) is 7.05 Å². The number of halogens is 2.